The third-order valence-corrected chi connectivity index (χ3v) is 9.34. The number of ketones is 1. The Kier molecular flexibility index (Phi) is 36.8. The van der Waals surface area contributed by atoms with Crippen molar-refractivity contribution in [3.05, 3.63) is 60.8 Å². The van der Waals surface area contributed by atoms with E-state index in [9.17, 15) is 23.8 Å². The molecule has 54 heavy (non-hydrogen) atoms. The van der Waals surface area contributed by atoms with Gasteiger partial charge in [0, 0.05) is 25.8 Å². The zero-order valence-electron chi connectivity index (χ0n) is 33.7. The fraction of sp³-hybridized carbons (Fsp3) is 0.698. The summed E-state index contributed by atoms with van der Waals surface area (Å²) in [4.78, 5) is 47.0. The minimum absolute atomic E-state index is 0.0136. The van der Waals surface area contributed by atoms with Crippen LogP contribution in [0.5, 0.6) is 0 Å². The lowest BCUT2D eigenvalue weighted by atomic mass is 10.1. The van der Waals surface area contributed by atoms with E-state index in [-0.39, 0.29) is 51.2 Å². The predicted octanol–water partition coefficient (Wildman–Crippen LogP) is 10.9. The molecule has 0 fully saturated rings. The van der Waals surface area contributed by atoms with E-state index >= 15 is 0 Å². The number of hydrogen-bond acceptors (Lipinski definition) is 9. The monoisotopic (exact) mass is 780 g/mol. The molecule has 0 amide bonds. The third kappa shape index (κ3) is 37.7. The van der Waals surface area contributed by atoms with Crippen molar-refractivity contribution in [3.8, 4) is 0 Å². The number of phosphoric ester groups is 1. The van der Waals surface area contributed by atoms with Crippen molar-refractivity contribution in [3.63, 3.8) is 0 Å². The average molecular weight is 780 g/mol. The molecule has 0 aliphatic rings. The van der Waals surface area contributed by atoms with Gasteiger partial charge in [-0.2, -0.15) is 0 Å². The summed E-state index contributed by atoms with van der Waals surface area (Å²) in [6, 6.07) is 0. The van der Waals surface area contributed by atoms with Gasteiger partial charge in [0.2, 0.25) is 0 Å². The molecule has 11 heteroatoms. The van der Waals surface area contributed by atoms with Crippen LogP contribution in [0, 0.1) is 0 Å². The van der Waals surface area contributed by atoms with Crippen LogP contribution in [-0.4, -0.2) is 55.1 Å². The Balaban J connectivity index is 4.41. The van der Waals surface area contributed by atoms with Gasteiger partial charge in [0.05, 0.1) is 13.2 Å². The van der Waals surface area contributed by atoms with Gasteiger partial charge in [0.15, 0.2) is 11.9 Å². The number of esters is 2. The van der Waals surface area contributed by atoms with E-state index in [1.54, 1.807) is 6.08 Å². The van der Waals surface area contributed by atoms with E-state index in [4.69, 9.17) is 24.3 Å². The van der Waals surface area contributed by atoms with Crippen LogP contribution in [0.2, 0.25) is 0 Å². The van der Waals surface area contributed by atoms with Crippen LogP contribution in [0.1, 0.15) is 162 Å². The zero-order valence-corrected chi connectivity index (χ0v) is 34.6. The first-order valence-corrected chi connectivity index (χ1v) is 22.2. The molecule has 0 heterocycles. The second-order valence-electron chi connectivity index (χ2n) is 13.5. The molecule has 0 saturated carbocycles. The number of allylic oxidation sites excluding steroid dienone is 10. The van der Waals surface area contributed by atoms with Gasteiger partial charge in [-0.3, -0.25) is 23.4 Å². The molecule has 2 atom stereocenters. The summed E-state index contributed by atoms with van der Waals surface area (Å²) in [5.74, 6) is -1.22. The molecule has 3 N–H and O–H groups in total. The molecule has 0 saturated heterocycles. The normalized spacial score (nSPS) is 13.9. The summed E-state index contributed by atoms with van der Waals surface area (Å²) >= 11 is 0. The predicted molar refractivity (Wildman–Crippen MR) is 220 cm³/mol. The van der Waals surface area contributed by atoms with E-state index < -0.39 is 32.5 Å². The molecule has 0 radical (unpaired) electrons. The van der Waals surface area contributed by atoms with Crippen molar-refractivity contribution in [1.82, 2.24) is 0 Å². The lowest BCUT2D eigenvalue weighted by molar-refractivity contribution is -0.161. The van der Waals surface area contributed by atoms with Gasteiger partial charge in [-0.25, -0.2) is 4.57 Å². The lowest BCUT2D eigenvalue weighted by Gasteiger charge is -2.19. The fourth-order valence-corrected chi connectivity index (χ4v) is 5.99. The summed E-state index contributed by atoms with van der Waals surface area (Å²) < 4.78 is 32.5. The second-order valence-corrected chi connectivity index (χ2v) is 15.0. The molecular weight excluding hydrogens is 705 g/mol. The Hall–Kier alpha value is -2.62. The Morgan fingerprint density at radius 2 is 1.15 bits per heavy atom. The summed E-state index contributed by atoms with van der Waals surface area (Å²) in [6.07, 6.45) is 41.1. The van der Waals surface area contributed by atoms with Crippen LogP contribution < -0.4 is 5.73 Å². The number of phosphoric acid groups is 1. The molecule has 0 bridgehead atoms. The van der Waals surface area contributed by atoms with E-state index in [2.05, 4.69) is 50.3 Å². The highest BCUT2D eigenvalue weighted by molar-refractivity contribution is 7.47. The molecule has 0 spiro atoms. The first-order valence-electron chi connectivity index (χ1n) is 20.7. The van der Waals surface area contributed by atoms with E-state index in [0.29, 0.717) is 6.42 Å². The first-order chi connectivity index (χ1) is 26.2. The highest BCUT2D eigenvalue weighted by atomic mass is 31.2. The maximum atomic E-state index is 12.5. The van der Waals surface area contributed by atoms with Crippen molar-refractivity contribution < 1.29 is 42.4 Å². The smallest absolute Gasteiger partial charge is 0.462 e. The molecule has 1 unspecified atom stereocenters. The van der Waals surface area contributed by atoms with Crippen LogP contribution in [-0.2, 0) is 37.5 Å². The van der Waals surface area contributed by atoms with Gasteiger partial charge >= 0.3 is 19.8 Å². The van der Waals surface area contributed by atoms with Crippen molar-refractivity contribution in [2.75, 3.05) is 26.4 Å². The maximum Gasteiger partial charge on any atom is 0.472 e. The van der Waals surface area contributed by atoms with Crippen molar-refractivity contribution in [2.24, 2.45) is 5.73 Å². The number of hydrogen-bond donors (Lipinski definition) is 2. The minimum atomic E-state index is -4.44. The molecule has 0 aromatic heterocycles. The van der Waals surface area contributed by atoms with Crippen molar-refractivity contribution >= 4 is 25.5 Å². The van der Waals surface area contributed by atoms with Crippen LogP contribution >= 0.6 is 7.82 Å². The topological polar surface area (TPSA) is 151 Å². The summed E-state index contributed by atoms with van der Waals surface area (Å²) in [6.45, 7) is 3.39. The van der Waals surface area contributed by atoms with Crippen LogP contribution in [0.15, 0.2) is 60.8 Å². The SMILES string of the molecule is CCCCC/C=C\C/C=C\C/C=C\C=C\C(=O)CCCC(=O)O[C@H](COC(=O)CCCCCCCCC/C=C\CCCCCC)COP(=O)(O)OCCN. The Morgan fingerprint density at radius 1 is 0.611 bits per heavy atom. The van der Waals surface area contributed by atoms with Gasteiger partial charge in [0.25, 0.3) is 0 Å². The van der Waals surface area contributed by atoms with E-state index in [0.717, 1.165) is 44.9 Å². The molecule has 10 nitrogen and oxygen atoms in total. The Labute approximate surface area is 327 Å². The van der Waals surface area contributed by atoms with Gasteiger partial charge in [-0.05, 0) is 70.3 Å². The summed E-state index contributed by atoms with van der Waals surface area (Å²) in [7, 11) is -4.44. The maximum absolute atomic E-state index is 12.5. The quantitative estimate of drug-likeness (QED) is 0.0155. The summed E-state index contributed by atoms with van der Waals surface area (Å²) in [5, 5.41) is 0. The fourth-order valence-electron chi connectivity index (χ4n) is 5.23. The largest absolute Gasteiger partial charge is 0.472 e. The highest BCUT2D eigenvalue weighted by Crippen LogP contribution is 2.43. The molecule has 310 valence electrons. The number of rotatable bonds is 38. The van der Waals surface area contributed by atoms with E-state index in [1.165, 1.54) is 76.7 Å². The summed E-state index contributed by atoms with van der Waals surface area (Å²) in [5.41, 5.74) is 5.32. The van der Waals surface area contributed by atoms with Crippen molar-refractivity contribution in [1.29, 1.82) is 0 Å². The molecular formula is C43H74NO9P. The standard InChI is InChI=1S/C43H74NO9P/c1-3-5-7-9-11-13-15-17-18-20-22-24-26-28-30-34-42(46)50-38-41(39-52-54(48,49)51-37-36-44)53-43(47)35-31-33-40(45)32-29-27-25-23-21-19-16-14-12-10-8-6-4-2/h12-15,19,21,25,27,29,32,41H,3-11,16-18,20,22-24,26,28,30-31,33-39,44H2,1-2H3,(H,48,49)/b14-12-,15-13-,21-19-,27-25-,32-29+/t41-/m1/s1. The second kappa shape index (κ2) is 38.6. The molecule has 0 rings (SSSR count). The van der Waals surface area contributed by atoms with Gasteiger partial charge in [-0.15, -0.1) is 0 Å². The molecule has 0 aromatic rings. The molecule has 0 aliphatic carbocycles. The minimum Gasteiger partial charge on any atom is -0.462 e. The zero-order chi connectivity index (χ0) is 39.8. The Morgan fingerprint density at radius 3 is 1.81 bits per heavy atom. The van der Waals surface area contributed by atoms with E-state index in [1.807, 2.05) is 12.2 Å². The molecule has 0 aliphatic heterocycles. The number of unbranched alkanes of at least 4 members (excludes halogenated alkanes) is 14. The van der Waals surface area contributed by atoms with Gasteiger partial charge in [-0.1, -0.05) is 133 Å². The number of nitrogens with two attached hydrogens (primary N) is 1. The van der Waals surface area contributed by atoms with Crippen LogP contribution in [0.25, 0.3) is 0 Å². The van der Waals surface area contributed by atoms with Gasteiger partial charge in [0.1, 0.15) is 6.61 Å². The average Bonchev–Trinajstić information content (AvgIpc) is 3.15. The first kappa shape index (κ1) is 51.4. The highest BCUT2D eigenvalue weighted by Gasteiger charge is 2.26. The molecule has 0 aromatic carbocycles. The Bertz CT molecular complexity index is 1130. The van der Waals surface area contributed by atoms with Gasteiger partial charge < -0.3 is 20.1 Å². The number of ether oxygens (including phenoxy) is 2. The third-order valence-electron chi connectivity index (χ3n) is 8.35. The van der Waals surface area contributed by atoms with Crippen LogP contribution in [0.4, 0.5) is 0 Å². The number of carbonyl (C=O) groups is 3. The van der Waals surface area contributed by atoms with Crippen molar-refractivity contribution in [2.45, 2.75) is 168 Å². The lowest BCUT2D eigenvalue weighted by Crippen LogP contribution is -2.29. The van der Waals surface area contributed by atoms with Crippen LogP contribution in [0.3, 0.4) is 0 Å². The number of carbonyl (C=O) groups excluding carboxylic acids is 3.